The van der Waals surface area contributed by atoms with Crippen molar-refractivity contribution in [3.8, 4) is 11.1 Å². The number of carboxylic acids is 4. The van der Waals surface area contributed by atoms with Gasteiger partial charge in [-0.3, -0.25) is 0 Å². The first-order chi connectivity index (χ1) is 11.7. The molecule has 1 aliphatic carbocycles. The molecular weight excluding hydrogens is 332 g/mol. The van der Waals surface area contributed by atoms with E-state index in [1.54, 1.807) is 0 Å². The Kier molecular flexibility index (Phi) is 3.53. The SMILES string of the molecule is O=C(O)c1ccc2c(c1C(=O)O)-c1c(ccc(C(=O)O)c1C(=O)O)C2. The van der Waals surface area contributed by atoms with Crippen molar-refractivity contribution < 1.29 is 39.6 Å². The molecule has 126 valence electrons. The third kappa shape index (κ3) is 2.31. The maximum Gasteiger partial charge on any atom is 0.337 e. The van der Waals surface area contributed by atoms with E-state index in [1.165, 1.54) is 12.1 Å². The van der Waals surface area contributed by atoms with Crippen LogP contribution in [0.15, 0.2) is 24.3 Å². The summed E-state index contributed by atoms with van der Waals surface area (Å²) in [4.78, 5) is 46.1. The van der Waals surface area contributed by atoms with Crippen molar-refractivity contribution in [1.29, 1.82) is 0 Å². The van der Waals surface area contributed by atoms with Crippen LogP contribution >= 0.6 is 0 Å². The molecule has 3 rings (SSSR count). The molecule has 8 nitrogen and oxygen atoms in total. The fourth-order valence-corrected chi connectivity index (χ4v) is 3.16. The van der Waals surface area contributed by atoms with E-state index in [-0.39, 0.29) is 17.5 Å². The highest BCUT2D eigenvalue weighted by Crippen LogP contribution is 2.43. The van der Waals surface area contributed by atoms with Crippen LogP contribution in [0.25, 0.3) is 11.1 Å². The number of fused-ring (bicyclic) bond motifs is 3. The van der Waals surface area contributed by atoms with E-state index < -0.39 is 46.1 Å². The second-order valence-electron chi connectivity index (χ2n) is 5.44. The summed E-state index contributed by atoms with van der Waals surface area (Å²) in [5.41, 5.74) is -1.31. The predicted molar refractivity (Wildman–Crippen MR) is 82.5 cm³/mol. The number of benzene rings is 2. The van der Waals surface area contributed by atoms with Crippen LogP contribution in [-0.2, 0) is 6.42 Å². The molecule has 0 fully saturated rings. The molecule has 2 aromatic rings. The molecule has 0 atom stereocenters. The number of carbonyl (C=O) groups is 4. The highest BCUT2D eigenvalue weighted by atomic mass is 16.4. The summed E-state index contributed by atoms with van der Waals surface area (Å²) in [5, 5.41) is 37.5. The zero-order valence-electron chi connectivity index (χ0n) is 12.4. The Morgan fingerprint density at radius 3 is 1.24 bits per heavy atom. The third-order valence-electron chi connectivity index (χ3n) is 4.10. The van der Waals surface area contributed by atoms with Gasteiger partial charge in [-0.05, 0) is 29.7 Å². The van der Waals surface area contributed by atoms with Crippen molar-refractivity contribution in [2.45, 2.75) is 6.42 Å². The lowest BCUT2D eigenvalue weighted by atomic mass is 9.90. The van der Waals surface area contributed by atoms with Crippen molar-refractivity contribution in [1.82, 2.24) is 0 Å². The lowest BCUT2D eigenvalue weighted by Gasteiger charge is -2.13. The fourth-order valence-electron chi connectivity index (χ4n) is 3.16. The highest BCUT2D eigenvalue weighted by Gasteiger charge is 2.34. The number of hydrogen-bond acceptors (Lipinski definition) is 4. The van der Waals surface area contributed by atoms with Crippen molar-refractivity contribution in [2.24, 2.45) is 0 Å². The lowest BCUT2D eigenvalue weighted by molar-refractivity contribution is 0.0650. The molecular formula is C17H10O8. The van der Waals surface area contributed by atoms with E-state index in [2.05, 4.69) is 0 Å². The van der Waals surface area contributed by atoms with E-state index >= 15 is 0 Å². The van der Waals surface area contributed by atoms with Crippen molar-refractivity contribution >= 4 is 23.9 Å². The van der Waals surface area contributed by atoms with Crippen LogP contribution in [-0.4, -0.2) is 44.3 Å². The van der Waals surface area contributed by atoms with Crippen LogP contribution in [0.4, 0.5) is 0 Å². The van der Waals surface area contributed by atoms with Gasteiger partial charge in [0.25, 0.3) is 0 Å². The maximum absolute atomic E-state index is 11.7. The molecule has 25 heavy (non-hydrogen) atoms. The Bertz CT molecular complexity index is 907. The standard InChI is InChI=1S/C17H10O8/c18-14(19)8-3-1-6-5-7-2-4-9(15(20)21)13(17(24)25)11(7)10(6)12(8)16(22)23/h1-4H,5H2,(H,18,19)(H,20,21)(H,22,23)(H,24,25). The van der Waals surface area contributed by atoms with Gasteiger partial charge in [0.15, 0.2) is 0 Å². The maximum atomic E-state index is 11.7. The Morgan fingerprint density at radius 2 is 0.960 bits per heavy atom. The lowest BCUT2D eigenvalue weighted by Crippen LogP contribution is -2.13. The largest absolute Gasteiger partial charge is 0.478 e. The van der Waals surface area contributed by atoms with Gasteiger partial charge in [0.1, 0.15) is 0 Å². The number of aromatic carboxylic acids is 4. The van der Waals surface area contributed by atoms with Crippen LogP contribution in [0.1, 0.15) is 52.6 Å². The Hall–Kier alpha value is -3.68. The molecule has 0 saturated carbocycles. The average molecular weight is 342 g/mol. The predicted octanol–water partition coefficient (Wildman–Crippen LogP) is 2.05. The monoisotopic (exact) mass is 342 g/mol. The van der Waals surface area contributed by atoms with E-state index in [4.69, 9.17) is 0 Å². The molecule has 0 heterocycles. The van der Waals surface area contributed by atoms with Gasteiger partial charge < -0.3 is 20.4 Å². The molecule has 0 saturated heterocycles. The van der Waals surface area contributed by atoms with Crippen molar-refractivity contribution in [3.05, 3.63) is 57.6 Å². The second kappa shape index (κ2) is 5.45. The molecule has 8 heteroatoms. The van der Waals surface area contributed by atoms with Gasteiger partial charge in [-0.1, -0.05) is 12.1 Å². The van der Waals surface area contributed by atoms with Gasteiger partial charge in [0, 0.05) is 11.1 Å². The molecule has 0 bridgehead atoms. The zero-order valence-corrected chi connectivity index (χ0v) is 12.4. The van der Waals surface area contributed by atoms with Gasteiger partial charge in [-0.2, -0.15) is 0 Å². The summed E-state index contributed by atoms with van der Waals surface area (Å²) in [7, 11) is 0. The van der Waals surface area contributed by atoms with Gasteiger partial charge in [0.05, 0.1) is 22.3 Å². The summed E-state index contributed by atoms with van der Waals surface area (Å²) in [6, 6.07) is 5.12. The van der Waals surface area contributed by atoms with E-state index in [0.29, 0.717) is 11.1 Å². The van der Waals surface area contributed by atoms with E-state index in [9.17, 15) is 39.6 Å². The van der Waals surface area contributed by atoms with Crippen LogP contribution in [0.3, 0.4) is 0 Å². The minimum absolute atomic E-state index is 0.0529. The highest BCUT2D eigenvalue weighted by molar-refractivity contribution is 6.13. The van der Waals surface area contributed by atoms with Gasteiger partial charge in [-0.15, -0.1) is 0 Å². The first kappa shape index (κ1) is 16.2. The van der Waals surface area contributed by atoms with E-state index in [1.807, 2.05) is 0 Å². The first-order valence-electron chi connectivity index (χ1n) is 6.99. The third-order valence-corrected chi connectivity index (χ3v) is 4.10. The molecule has 1 aliphatic rings. The molecule has 0 aliphatic heterocycles. The molecule has 2 aromatic carbocycles. The average Bonchev–Trinajstić information content (AvgIpc) is 2.90. The van der Waals surface area contributed by atoms with Gasteiger partial charge in [-0.25, -0.2) is 19.2 Å². The van der Waals surface area contributed by atoms with Crippen LogP contribution in [0, 0.1) is 0 Å². The Morgan fingerprint density at radius 1 is 0.600 bits per heavy atom. The smallest absolute Gasteiger partial charge is 0.337 e. The zero-order chi connectivity index (χ0) is 18.5. The molecule has 0 aromatic heterocycles. The summed E-state index contributed by atoms with van der Waals surface area (Å²) < 4.78 is 0. The molecule has 0 radical (unpaired) electrons. The minimum Gasteiger partial charge on any atom is -0.478 e. The van der Waals surface area contributed by atoms with Crippen molar-refractivity contribution in [3.63, 3.8) is 0 Å². The minimum atomic E-state index is -1.53. The summed E-state index contributed by atoms with van der Waals surface area (Å²) >= 11 is 0. The van der Waals surface area contributed by atoms with Crippen LogP contribution in [0.2, 0.25) is 0 Å². The molecule has 0 amide bonds. The number of hydrogen-bond donors (Lipinski definition) is 4. The number of carboxylic acid groups (broad SMARTS) is 4. The van der Waals surface area contributed by atoms with E-state index in [0.717, 1.165) is 12.1 Å². The molecule has 0 unspecified atom stereocenters. The Balaban J connectivity index is 2.49. The normalized spacial score (nSPS) is 11.5. The summed E-state index contributed by atoms with van der Waals surface area (Å²) in [6.07, 6.45) is 0.186. The Labute approximate surface area is 139 Å². The summed E-state index contributed by atoms with van der Waals surface area (Å²) in [6.45, 7) is 0. The van der Waals surface area contributed by atoms with Crippen LogP contribution < -0.4 is 0 Å². The molecule has 0 spiro atoms. The second-order valence-corrected chi connectivity index (χ2v) is 5.44. The van der Waals surface area contributed by atoms with Gasteiger partial charge in [0.2, 0.25) is 0 Å². The van der Waals surface area contributed by atoms with Gasteiger partial charge >= 0.3 is 23.9 Å². The fraction of sp³-hybridized carbons (Fsp3) is 0.0588. The van der Waals surface area contributed by atoms with Crippen LogP contribution in [0.5, 0.6) is 0 Å². The summed E-state index contributed by atoms with van der Waals surface area (Å²) in [5.74, 6) is -6.00. The topological polar surface area (TPSA) is 149 Å². The number of rotatable bonds is 4. The van der Waals surface area contributed by atoms with Crippen molar-refractivity contribution in [2.75, 3.05) is 0 Å². The first-order valence-corrected chi connectivity index (χ1v) is 6.99. The molecule has 4 N–H and O–H groups in total. The quantitative estimate of drug-likeness (QED) is 0.563.